The number of nitrogens with zero attached hydrogens (tertiary/aromatic N) is 3. The molecule has 0 aliphatic rings. The lowest BCUT2D eigenvalue weighted by atomic mass is 10.1. The molecule has 0 spiro atoms. The molecule has 33 heavy (non-hydrogen) atoms. The highest BCUT2D eigenvalue weighted by Gasteiger charge is 2.33. The third-order valence-electron chi connectivity index (χ3n) is 4.68. The molecule has 3 aromatic rings. The number of carbonyl (C=O) groups is 2. The van der Waals surface area contributed by atoms with Crippen LogP contribution in [0.1, 0.15) is 23.4 Å². The van der Waals surface area contributed by atoms with E-state index in [1.54, 1.807) is 0 Å². The number of aromatic nitrogens is 2. The number of nitrogens with one attached hydrogen (secondary N) is 1. The van der Waals surface area contributed by atoms with Crippen LogP contribution in [0.25, 0.3) is 11.5 Å². The second kappa shape index (κ2) is 10.0. The highest BCUT2D eigenvalue weighted by Crippen LogP contribution is 2.36. The molecule has 1 N–H and O–H groups in total. The first-order chi connectivity index (χ1) is 15.5. The lowest BCUT2D eigenvalue weighted by molar-refractivity contribution is -0.137. The number of benzene rings is 2. The van der Waals surface area contributed by atoms with Gasteiger partial charge in [-0.25, -0.2) is 0 Å². The Kier molecular flexibility index (Phi) is 7.37. The quantitative estimate of drug-likeness (QED) is 0.527. The summed E-state index contributed by atoms with van der Waals surface area (Å²) in [6.45, 7) is 1.61. The normalized spacial score (nSPS) is 11.3. The van der Waals surface area contributed by atoms with Crippen LogP contribution in [-0.4, -0.2) is 40.5 Å². The van der Waals surface area contributed by atoms with Gasteiger partial charge in [-0.2, -0.15) is 13.2 Å². The minimum atomic E-state index is -4.65. The zero-order chi connectivity index (χ0) is 24.2. The van der Waals surface area contributed by atoms with E-state index in [0.29, 0.717) is 5.89 Å². The van der Waals surface area contributed by atoms with Crippen molar-refractivity contribution in [2.75, 3.05) is 18.9 Å². The van der Waals surface area contributed by atoms with Crippen LogP contribution in [0.3, 0.4) is 0 Å². The summed E-state index contributed by atoms with van der Waals surface area (Å²) in [5.74, 6) is -0.406. The van der Waals surface area contributed by atoms with Gasteiger partial charge in [0.05, 0.1) is 17.1 Å². The number of aryl methyl sites for hydroxylation is 2. The smallest absolute Gasteiger partial charge is 0.417 e. The summed E-state index contributed by atoms with van der Waals surface area (Å²) < 4.78 is 44.4. The predicted octanol–water partition coefficient (Wildman–Crippen LogP) is 4.75. The fraction of sp³-hybridized carbons (Fsp3) is 0.273. The highest BCUT2D eigenvalue weighted by molar-refractivity contribution is 6.31. The summed E-state index contributed by atoms with van der Waals surface area (Å²) >= 11 is 5.57. The fourth-order valence-corrected chi connectivity index (χ4v) is 3.12. The largest absolute Gasteiger partial charge is 0.421 e. The Balaban J connectivity index is 1.52. The first kappa shape index (κ1) is 24.2. The monoisotopic (exact) mass is 480 g/mol. The van der Waals surface area contributed by atoms with Gasteiger partial charge in [0, 0.05) is 31.1 Å². The first-order valence-corrected chi connectivity index (χ1v) is 10.2. The molecule has 7 nitrogen and oxygen atoms in total. The van der Waals surface area contributed by atoms with Crippen LogP contribution in [0.5, 0.6) is 0 Å². The molecule has 1 heterocycles. The molecule has 2 aromatic carbocycles. The van der Waals surface area contributed by atoms with E-state index in [1.807, 2.05) is 31.2 Å². The van der Waals surface area contributed by atoms with Crippen molar-refractivity contribution in [2.45, 2.75) is 25.9 Å². The average molecular weight is 481 g/mol. The SMILES string of the molecule is Cc1ccc(-c2nnc(CCC(=O)N(C)CC(=O)Nc3ccc(Cl)c(C(F)(F)F)c3)o2)cc1. The van der Waals surface area contributed by atoms with E-state index < -0.39 is 22.7 Å². The number of hydrogen-bond donors (Lipinski definition) is 1. The number of alkyl halides is 3. The van der Waals surface area contributed by atoms with Crippen molar-refractivity contribution in [1.29, 1.82) is 0 Å². The summed E-state index contributed by atoms with van der Waals surface area (Å²) in [6, 6.07) is 10.6. The maximum absolute atomic E-state index is 13.0. The Morgan fingerprint density at radius 3 is 2.48 bits per heavy atom. The predicted molar refractivity (Wildman–Crippen MR) is 116 cm³/mol. The molecular formula is C22H20ClF3N4O3. The van der Waals surface area contributed by atoms with Crippen LogP contribution in [0.2, 0.25) is 5.02 Å². The van der Waals surface area contributed by atoms with Gasteiger partial charge in [0.15, 0.2) is 0 Å². The lowest BCUT2D eigenvalue weighted by Gasteiger charge is -2.17. The third-order valence-corrected chi connectivity index (χ3v) is 5.01. The van der Waals surface area contributed by atoms with Gasteiger partial charge in [-0.1, -0.05) is 29.3 Å². The Bertz CT molecular complexity index is 1150. The van der Waals surface area contributed by atoms with E-state index in [9.17, 15) is 22.8 Å². The number of halogens is 4. The van der Waals surface area contributed by atoms with E-state index in [4.69, 9.17) is 16.0 Å². The Morgan fingerprint density at radius 1 is 1.12 bits per heavy atom. The number of amides is 2. The molecule has 0 saturated heterocycles. The van der Waals surface area contributed by atoms with Crippen molar-refractivity contribution in [2.24, 2.45) is 0 Å². The average Bonchev–Trinajstić information content (AvgIpc) is 3.22. The molecule has 0 unspecified atom stereocenters. The molecule has 174 valence electrons. The first-order valence-electron chi connectivity index (χ1n) is 9.83. The summed E-state index contributed by atoms with van der Waals surface area (Å²) in [4.78, 5) is 25.7. The van der Waals surface area contributed by atoms with Crippen molar-refractivity contribution < 1.29 is 27.2 Å². The molecule has 0 aliphatic carbocycles. The molecule has 11 heteroatoms. The van der Waals surface area contributed by atoms with E-state index in [2.05, 4.69) is 15.5 Å². The van der Waals surface area contributed by atoms with Gasteiger partial charge in [0.25, 0.3) is 0 Å². The van der Waals surface area contributed by atoms with Gasteiger partial charge in [0.1, 0.15) is 0 Å². The standard InChI is InChI=1S/C22H20ClF3N4O3/c1-13-3-5-14(6-4-13)21-29-28-19(33-21)9-10-20(32)30(2)12-18(31)27-15-7-8-17(23)16(11-15)22(24,25)26/h3-8,11H,9-10,12H2,1-2H3,(H,27,31). The van der Waals surface area contributed by atoms with Crippen molar-refractivity contribution >= 4 is 29.1 Å². The van der Waals surface area contributed by atoms with Gasteiger partial charge in [0.2, 0.25) is 23.6 Å². The van der Waals surface area contributed by atoms with E-state index in [0.717, 1.165) is 28.2 Å². The fourth-order valence-electron chi connectivity index (χ4n) is 2.90. The molecule has 0 bridgehead atoms. The number of rotatable bonds is 7. The zero-order valence-electron chi connectivity index (χ0n) is 17.7. The number of anilines is 1. The maximum Gasteiger partial charge on any atom is 0.417 e. The van der Waals surface area contributed by atoms with Crippen LogP contribution >= 0.6 is 11.6 Å². The molecule has 0 fully saturated rings. The second-order valence-corrected chi connectivity index (χ2v) is 7.76. The van der Waals surface area contributed by atoms with E-state index in [-0.39, 0.29) is 36.9 Å². The molecule has 0 atom stereocenters. The highest BCUT2D eigenvalue weighted by atomic mass is 35.5. The van der Waals surface area contributed by atoms with Gasteiger partial charge in [-0.3, -0.25) is 9.59 Å². The molecule has 0 aliphatic heterocycles. The third kappa shape index (κ3) is 6.55. The van der Waals surface area contributed by atoms with Crippen molar-refractivity contribution in [3.8, 4) is 11.5 Å². The van der Waals surface area contributed by atoms with Crippen molar-refractivity contribution in [1.82, 2.24) is 15.1 Å². The summed E-state index contributed by atoms with van der Waals surface area (Å²) in [5, 5.41) is 9.76. The molecule has 3 rings (SSSR count). The Morgan fingerprint density at radius 2 is 1.82 bits per heavy atom. The molecular weight excluding hydrogens is 461 g/mol. The summed E-state index contributed by atoms with van der Waals surface area (Å²) in [5.41, 5.74) is 0.714. The maximum atomic E-state index is 13.0. The van der Waals surface area contributed by atoms with Gasteiger partial charge < -0.3 is 14.6 Å². The Hall–Kier alpha value is -3.40. The summed E-state index contributed by atoms with van der Waals surface area (Å²) in [6.07, 6.45) is -4.47. The second-order valence-electron chi connectivity index (χ2n) is 7.36. The van der Waals surface area contributed by atoms with Crippen molar-refractivity contribution in [3.63, 3.8) is 0 Å². The lowest BCUT2D eigenvalue weighted by Crippen LogP contribution is -2.35. The number of carbonyl (C=O) groups excluding carboxylic acids is 2. The minimum absolute atomic E-state index is 0.0124. The van der Waals surface area contributed by atoms with Crippen LogP contribution in [0, 0.1) is 6.92 Å². The van der Waals surface area contributed by atoms with Crippen LogP contribution in [-0.2, 0) is 22.2 Å². The van der Waals surface area contributed by atoms with E-state index in [1.165, 1.54) is 13.1 Å². The molecule has 0 radical (unpaired) electrons. The van der Waals surface area contributed by atoms with Gasteiger partial charge in [-0.15, -0.1) is 10.2 Å². The van der Waals surface area contributed by atoms with Crippen LogP contribution < -0.4 is 5.32 Å². The van der Waals surface area contributed by atoms with Crippen molar-refractivity contribution in [3.05, 3.63) is 64.5 Å². The number of likely N-dealkylation sites (N-methyl/N-ethyl adjacent to an activating group) is 1. The molecule has 1 aromatic heterocycles. The van der Waals surface area contributed by atoms with Crippen LogP contribution in [0.15, 0.2) is 46.9 Å². The Labute approximate surface area is 192 Å². The van der Waals surface area contributed by atoms with Gasteiger partial charge >= 0.3 is 6.18 Å². The zero-order valence-corrected chi connectivity index (χ0v) is 18.5. The van der Waals surface area contributed by atoms with Gasteiger partial charge in [-0.05, 0) is 37.3 Å². The number of hydrogen-bond acceptors (Lipinski definition) is 5. The topological polar surface area (TPSA) is 88.3 Å². The molecule has 2 amide bonds. The summed E-state index contributed by atoms with van der Waals surface area (Å²) in [7, 11) is 1.41. The minimum Gasteiger partial charge on any atom is -0.421 e. The van der Waals surface area contributed by atoms with E-state index >= 15 is 0 Å². The van der Waals surface area contributed by atoms with Crippen LogP contribution in [0.4, 0.5) is 18.9 Å². The molecule has 0 saturated carbocycles.